The largest absolute Gasteiger partial charge is 0.460 e. The van der Waals surface area contributed by atoms with Gasteiger partial charge in [-0.2, -0.15) is 0 Å². The number of carbonyl (C=O) groups is 1. The molecule has 0 aromatic carbocycles. The first-order chi connectivity index (χ1) is 7.89. The molecule has 1 atom stereocenters. The molecule has 102 valence electrons. The topological polar surface area (TPSA) is 58.6 Å². The number of aliphatic hydroxyl groups excluding tert-OH is 1. The summed E-state index contributed by atoms with van der Waals surface area (Å²) in [5.74, 6) is 0.318. The monoisotopic (exact) mass is 245 g/mol. The highest BCUT2D eigenvalue weighted by molar-refractivity contribution is 5.70. The van der Waals surface area contributed by atoms with Gasteiger partial charge in [-0.05, 0) is 39.7 Å². The van der Waals surface area contributed by atoms with Crippen LogP contribution in [0.3, 0.4) is 0 Å². The molecule has 17 heavy (non-hydrogen) atoms. The van der Waals surface area contributed by atoms with Crippen LogP contribution in [0.15, 0.2) is 0 Å². The summed E-state index contributed by atoms with van der Waals surface area (Å²) in [6.45, 7) is 9.42. The number of esters is 1. The van der Waals surface area contributed by atoms with Gasteiger partial charge < -0.3 is 15.2 Å². The maximum atomic E-state index is 11.4. The molecule has 0 aliphatic carbocycles. The van der Waals surface area contributed by atoms with E-state index in [9.17, 15) is 4.79 Å². The Balaban J connectivity index is 3.60. The van der Waals surface area contributed by atoms with Crippen molar-refractivity contribution in [3.63, 3.8) is 0 Å². The molecular formula is C13H27NO3. The number of carbonyl (C=O) groups excluding carboxylic acids is 1. The fraction of sp³-hybridized carbons (Fsp3) is 0.923. The number of nitrogens with one attached hydrogen (secondary N) is 1. The molecule has 0 saturated heterocycles. The van der Waals surface area contributed by atoms with Crippen molar-refractivity contribution in [3.8, 4) is 0 Å². The normalized spacial score (nSPS) is 13.5. The van der Waals surface area contributed by atoms with Gasteiger partial charge in [0, 0.05) is 13.2 Å². The second-order valence-electron chi connectivity index (χ2n) is 5.33. The molecule has 0 amide bonds. The SMILES string of the molecule is CCC(CCO)CNCCC(=O)OC(C)(C)C. The van der Waals surface area contributed by atoms with E-state index in [1.165, 1.54) is 0 Å². The zero-order valence-corrected chi connectivity index (χ0v) is 11.6. The van der Waals surface area contributed by atoms with Crippen LogP contribution in [-0.4, -0.2) is 36.4 Å². The number of rotatable bonds is 8. The van der Waals surface area contributed by atoms with Crippen LogP contribution in [0.5, 0.6) is 0 Å². The van der Waals surface area contributed by atoms with Gasteiger partial charge in [0.15, 0.2) is 0 Å². The van der Waals surface area contributed by atoms with Gasteiger partial charge in [-0.3, -0.25) is 4.79 Å². The lowest BCUT2D eigenvalue weighted by atomic mass is 10.0. The molecule has 0 aromatic heterocycles. The van der Waals surface area contributed by atoms with Crippen molar-refractivity contribution in [1.29, 1.82) is 0 Å². The molecule has 0 bridgehead atoms. The second kappa shape index (κ2) is 8.48. The van der Waals surface area contributed by atoms with E-state index in [4.69, 9.17) is 9.84 Å². The van der Waals surface area contributed by atoms with E-state index < -0.39 is 5.60 Å². The molecule has 2 N–H and O–H groups in total. The third-order valence-corrected chi connectivity index (χ3v) is 2.47. The average Bonchev–Trinajstić information content (AvgIpc) is 2.20. The van der Waals surface area contributed by atoms with Crippen LogP contribution in [0.2, 0.25) is 0 Å². The summed E-state index contributed by atoms with van der Waals surface area (Å²) in [6, 6.07) is 0. The number of ether oxygens (including phenoxy) is 1. The van der Waals surface area contributed by atoms with Gasteiger partial charge in [0.05, 0.1) is 6.42 Å². The Morgan fingerprint density at radius 2 is 2.06 bits per heavy atom. The third-order valence-electron chi connectivity index (χ3n) is 2.47. The molecule has 0 fully saturated rings. The first-order valence-electron chi connectivity index (χ1n) is 6.42. The number of aliphatic hydroxyl groups is 1. The molecule has 0 saturated carbocycles. The minimum absolute atomic E-state index is 0.166. The highest BCUT2D eigenvalue weighted by Gasteiger charge is 2.15. The van der Waals surface area contributed by atoms with Gasteiger partial charge in [0.25, 0.3) is 0 Å². The third kappa shape index (κ3) is 10.3. The summed E-state index contributed by atoms with van der Waals surface area (Å²) in [6.07, 6.45) is 2.25. The highest BCUT2D eigenvalue weighted by Crippen LogP contribution is 2.08. The Morgan fingerprint density at radius 1 is 1.41 bits per heavy atom. The van der Waals surface area contributed by atoms with Crippen LogP contribution in [-0.2, 0) is 9.53 Å². The van der Waals surface area contributed by atoms with E-state index in [0.29, 0.717) is 18.9 Å². The van der Waals surface area contributed by atoms with Crippen LogP contribution < -0.4 is 5.32 Å². The van der Waals surface area contributed by atoms with Gasteiger partial charge in [-0.1, -0.05) is 13.3 Å². The molecule has 0 aromatic rings. The molecule has 4 heteroatoms. The first-order valence-corrected chi connectivity index (χ1v) is 6.42. The molecule has 0 heterocycles. The predicted octanol–water partition coefficient (Wildman–Crippen LogP) is 1.72. The maximum Gasteiger partial charge on any atom is 0.307 e. The minimum Gasteiger partial charge on any atom is -0.460 e. The lowest BCUT2D eigenvalue weighted by Gasteiger charge is -2.20. The summed E-state index contributed by atoms with van der Waals surface area (Å²) >= 11 is 0. The first kappa shape index (κ1) is 16.4. The number of hydrogen-bond acceptors (Lipinski definition) is 4. The zero-order valence-electron chi connectivity index (χ0n) is 11.6. The van der Waals surface area contributed by atoms with Crippen LogP contribution in [0, 0.1) is 5.92 Å². The number of hydrogen-bond donors (Lipinski definition) is 2. The molecule has 0 aliphatic heterocycles. The van der Waals surface area contributed by atoms with Crippen molar-refractivity contribution in [2.45, 2.75) is 52.6 Å². The van der Waals surface area contributed by atoms with Crippen LogP contribution >= 0.6 is 0 Å². The highest BCUT2D eigenvalue weighted by atomic mass is 16.6. The fourth-order valence-corrected chi connectivity index (χ4v) is 1.52. The maximum absolute atomic E-state index is 11.4. The Morgan fingerprint density at radius 3 is 2.53 bits per heavy atom. The molecule has 0 aliphatic rings. The smallest absolute Gasteiger partial charge is 0.307 e. The summed E-state index contributed by atoms with van der Waals surface area (Å²) in [5, 5.41) is 12.1. The molecule has 4 nitrogen and oxygen atoms in total. The van der Waals surface area contributed by atoms with Crippen molar-refractivity contribution in [2.75, 3.05) is 19.7 Å². The van der Waals surface area contributed by atoms with E-state index in [2.05, 4.69) is 12.2 Å². The van der Waals surface area contributed by atoms with Crippen molar-refractivity contribution >= 4 is 5.97 Å². The van der Waals surface area contributed by atoms with E-state index >= 15 is 0 Å². The lowest BCUT2D eigenvalue weighted by Crippen LogP contribution is -2.29. The lowest BCUT2D eigenvalue weighted by molar-refractivity contribution is -0.154. The van der Waals surface area contributed by atoms with Crippen LogP contribution in [0.25, 0.3) is 0 Å². The Labute approximate surface area is 105 Å². The summed E-state index contributed by atoms with van der Waals surface area (Å²) in [5.41, 5.74) is -0.403. The van der Waals surface area contributed by atoms with Crippen LogP contribution in [0.4, 0.5) is 0 Å². The molecule has 1 unspecified atom stereocenters. The van der Waals surface area contributed by atoms with E-state index in [1.54, 1.807) is 0 Å². The van der Waals surface area contributed by atoms with Gasteiger partial charge in [0.1, 0.15) is 5.60 Å². The Hall–Kier alpha value is -0.610. The second-order valence-corrected chi connectivity index (χ2v) is 5.33. The van der Waals surface area contributed by atoms with Crippen molar-refractivity contribution in [2.24, 2.45) is 5.92 Å². The minimum atomic E-state index is -0.403. The van der Waals surface area contributed by atoms with E-state index in [0.717, 1.165) is 19.4 Å². The van der Waals surface area contributed by atoms with E-state index in [1.807, 2.05) is 20.8 Å². The summed E-state index contributed by atoms with van der Waals surface area (Å²) in [7, 11) is 0. The zero-order chi connectivity index (χ0) is 13.3. The van der Waals surface area contributed by atoms with Crippen molar-refractivity contribution < 1.29 is 14.6 Å². The fourth-order valence-electron chi connectivity index (χ4n) is 1.52. The van der Waals surface area contributed by atoms with Crippen molar-refractivity contribution in [3.05, 3.63) is 0 Å². The molecule has 0 spiro atoms. The average molecular weight is 245 g/mol. The quantitative estimate of drug-likeness (QED) is 0.505. The molecule has 0 rings (SSSR count). The standard InChI is InChI=1S/C13H27NO3/c1-5-11(7-9-15)10-14-8-6-12(16)17-13(2,3)4/h11,14-15H,5-10H2,1-4H3. The Bertz CT molecular complexity index is 211. The molecular weight excluding hydrogens is 218 g/mol. The summed E-state index contributed by atoms with van der Waals surface area (Å²) in [4.78, 5) is 11.4. The molecule has 0 radical (unpaired) electrons. The Kier molecular flexibility index (Phi) is 8.17. The van der Waals surface area contributed by atoms with Crippen molar-refractivity contribution in [1.82, 2.24) is 5.32 Å². The predicted molar refractivity (Wildman–Crippen MR) is 68.8 cm³/mol. The van der Waals surface area contributed by atoms with Gasteiger partial charge in [0.2, 0.25) is 0 Å². The summed E-state index contributed by atoms with van der Waals surface area (Å²) < 4.78 is 5.20. The van der Waals surface area contributed by atoms with Crippen LogP contribution in [0.1, 0.15) is 47.0 Å². The van der Waals surface area contributed by atoms with Gasteiger partial charge in [-0.25, -0.2) is 0 Å². The van der Waals surface area contributed by atoms with Gasteiger partial charge >= 0.3 is 5.97 Å². The van der Waals surface area contributed by atoms with Gasteiger partial charge in [-0.15, -0.1) is 0 Å². The van der Waals surface area contributed by atoms with E-state index in [-0.39, 0.29) is 12.6 Å².